The molecule has 0 aromatic rings. The number of aliphatic hydroxyl groups is 1. The van der Waals surface area contributed by atoms with Crippen LogP contribution in [0.4, 0.5) is 4.79 Å². The van der Waals surface area contributed by atoms with Gasteiger partial charge < -0.3 is 15.3 Å². The number of likely N-dealkylation sites (N-methyl/N-ethyl adjacent to an activating group) is 1. The Balaban J connectivity index is 1.74. The topological polar surface area (TPSA) is 55.8 Å². The fourth-order valence-electron chi connectivity index (χ4n) is 3.88. The molecule has 0 aromatic carbocycles. The molecular weight excluding hydrogens is 278 g/mol. The molecule has 1 saturated carbocycles. The maximum absolute atomic E-state index is 12.2. The SMILES string of the molecule is CC(C)CN1CCC[C@H]1CNC(=O)N(C)CC1(O)CCCC1. The zero-order valence-corrected chi connectivity index (χ0v) is 14.5. The number of nitrogens with zero attached hydrogens (tertiary/aromatic N) is 2. The first kappa shape index (κ1) is 17.5. The largest absolute Gasteiger partial charge is 0.388 e. The first-order valence-corrected chi connectivity index (χ1v) is 8.85. The Labute approximate surface area is 135 Å². The summed E-state index contributed by atoms with van der Waals surface area (Å²) in [5, 5.41) is 13.5. The maximum atomic E-state index is 12.2. The van der Waals surface area contributed by atoms with Gasteiger partial charge in [0.05, 0.1) is 12.1 Å². The highest BCUT2D eigenvalue weighted by atomic mass is 16.3. The van der Waals surface area contributed by atoms with Crippen molar-refractivity contribution in [3.8, 4) is 0 Å². The van der Waals surface area contributed by atoms with Crippen molar-refractivity contribution in [1.29, 1.82) is 0 Å². The molecule has 0 bridgehead atoms. The second-order valence-electron chi connectivity index (χ2n) is 7.66. The van der Waals surface area contributed by atoms with E-state index in [2.05, 4.69) is 24.1 Å². The highest BCUT2D eigenvalue weighted by Gasteiger charge is 2.33. The van der Waals surface area contributed by atoms with Crippen molar-refractivity contribution in [1.82, 2.24) is 15.1 Å². The van der Waals surface area contributed by atoms with Gasteiger partial charge in [0, 0.05) is 26.2 Å². The molecule has 0 spiro atoms. The minimum absolute atomic E-state index is 0.0586. The quantitative estimate of drug-likeness (QED) is 0.789. The molecule has 5 heteroatoms. The lowest BCUT2D eigenvalue weighted by molar-refractivity contribution is 0.0246. The van der Waals surface area contributed by atoms with Crippen LogP contribution in [0.3, 0.4) is 0 Å². The van der Waals surface area contributed by atoms with Crippen molar-refractivity contribution in [2.75, 3.05) is 33.2 Å². The molecule has 2 fully saturated rings. The van der Waals surface area contributed by atoms with Crippen LogP contribution in [0, 0.1) is 5.92 Å². The van der Waals surface area contributed by atoms with Crippen LogP contribution in [0.5, 0.6) is 0 Å². The van der Waals surface area contributed by atoms with Gasteiger partial charge in [-0.15, -0.1) is 0 Å². The summed E-state index contributed by atoms with van der Waals surface area (Å²) < 4.78 is 0. The molecule has 2 rings (SSSR count). The van der Waals surface area contributed by atoms with Gasteiger partial charge in [0.15, 0.2) is 0 Å². The van der Waals surface area contributed by atoms with Crippen LogP contribution in [0.15, 0.2) is 0 Å². The lowest BCUT2D eigenvalue weighted by atomic mass is 10.0. The summed E-state index contributed by atoms with van der Waals surface area (Å²) in [6, 6.07) is 0.408. The number of hydrogen-bond acceptors (Lipinski definition) is 3. The van der Waals surface area contributed by atoms with Crippen LogP contribution in [0.1, 0.15) is 52.4 Å². The Kier molecular flexibility index (Phi) is 6.09. The zero-order chi connectivity index (χ0) is 16.2. The number of amides is 2. The minimum atomic E-state index is -0.664. The van der Waals surface area contributed by atoms with E-state index >= 15 is 0 Å². The van der Waals surface area contributed by atoms with Crippen LogP contribution in [0.25, 0.3) is 0 Å². The Morgan fingerprint density at radius 1 is 1.36 bits per heavy atom. The molecule has 1 saturated heterocycles. The minimum Gasteiger partial charge on any atom is -0.388 e. The normalized spacial score (nSPS) is 24.9. The summed E-state index contributed by atoms with van der Waals surface area (Å²) in [5.41, 5.74) is -0.664. The molecule has 5 nitrogen and oxygen atoms in total. The van der Waals surface area contributed by atoms with Crippen molar-refractivity contribution in [3.05, 3.63) is 0 Å². The van der Waals surface area contributed by atoms with Gasteiger partial charge in [0.1, 0.15) is 0 Å². The smallest absolute Gasteiger partial charge is 0.317 e. The van der Waals surface area contributed by atoms with Gasteiger partial charge in [-0.05, 0) is 38.1 Å². The van der Waals surface area contributed by atoms with E-state index in [1.807, 2.05) is 0 Å². The molecule has 0 unspecified atom stereocenters. The third-order valence-corrected chi connectivity index (χ3v) is 5.00. The van der Waals surface area contributed by atoms with Crippen LogP contribution in [-0.4, -0.2) is 65.8 Å². The third-order valence-electron chi connectivity index (χ3n) is 5.00. The van der Waals surface area contributed by atoms with Crippen LogP contribution < -0.4 is 5.32 Å². The summed E-state index contributed by atoms with van der Waals surface area (Å²) in [6.45, 7) is 7.89. The second-order valence-corrected chi connectivity index (χ2v) is 7.66. The molecule has 2 N–H and O–H groups in total. The first-order valence-electron chi connectivity index (χ1n) is 8.85. The average molecular weight is 311 g/mol. The molecule has 128 valence electrons. The predicted molar refractivity (Wildman–Crippen MR) is 88.9 cm³/mol. The summed E-state index contributed by atoms with van der Waals surface area (Å²) >= 11 is 0. The van der Waals surface area contributed by atoms with E-state index in [4.69, 9.17) is 0 Å². The molecule has 0 aromatic heterocycles. The molecule has 2 amide bonds. The zero-order valence-electron chi connectivity index (χ0n) is 14.5. The highest BCUT2D eigenvalue weighted by molar-refractivity contribution is 5.74. The molecule has 1 heterocycles. The highest BCUT2D eigenvalue weighted by Crippen LogP contribution is 2.29. The third kappa shape index (κ3) is 4.85. The van der Waals surface area contributed by atoms with Crippen molar-refractivity contribution in [3.63, 3.8) is 0 Å². The van der Waals surface area contributed by atoms with E-state index in [0.29, 0.717) is 25.0 Å². The fraction of sp³-hybridized carbons (Fsp3) is 0.941. The Morgan fingerprint density at radius 3 is 2.68 bits per heavy atom. The van der Waals surface area contributed by atoms with Crippen molar-refractivity contribution < 1.29 is 9.90 Å². The summed E-state index contributed by atoms with van der Waals surface area (Å²) in [7, 11) is 1.78. The molecule has 1 atom stereocenters. The monoisotopic (exact) mass is 311 g/mol. The number of urea groups is 1. The van der Waals surface area contributed by atoms with Gasteiger partial charge in [0.2, 0.25) is 0 Å². The molecular formula is C17H33N3O2. The van der Waals surface area contributed by atoms with Crippen LogP contribution in [-0.2, 0) is 0 Å². The molecule has 22 heavy (non-hydrogen) atoms. The second kappa shape index (κ2) is 7.64. The van der Waals surface area contributed by atoms with Crippen LogP contribution in [0.2, 0.25) is 0 Å². The Bertz CT molecular complexity index is 367. The standard InChI is InChI=1S/C17H33N3O2/c1-14(2)12-20-10-6-7-15(20)11-18-16(21)19(3)13-17(22)8-4-5-9-17/h14-15,22H,4-13H2,1-3H3,(H,18,21)/t15-/m0/s1. The van der Waals surface area contributed by atoms with Crippen molar-refractivity contribution >= 4 is 6.03 Å². The summed E-state index contributed by atoms with van der Waals surface area (Å²) in [6.07, 6.45) is 6.16. The van der Waals surface area contributed by atoms with E-state index in [-0.39, 0.29) is 6.03 Å². The van der Waals surface area contributed by atoms with Gasteiger partial charge in [-0.1, -0.05) is 26.7 Å². The average Bonchev–Trinajstić information content (AvgIpc) is 3.05. The maximum Gasteiger partial charge on any atom is 0.317 e. The molecule has 1 aliphatic carbocycles. The van der Waals surface area contributed by atoms with Gasteiger partial charge in [-0.25, -0.2) is 4.79 Å². The number of nitrogens with one attached hydrogen (secondary N) is 1. The summed E-state index contributed by atoms with van der Waals surface area (Å²) in [5.74, 6) is 0.663. The lowest BCUT2D eigenvalue weighted by Crippen LogP contribution is -2.49. The molecule has 2 aliphatic rings. The number of likely N-dealkylation sites (tertiary alicyclic amines) is 1. The first-order chi connectivity index (χ1) is 10.4. The number of carbonyl (C=O) groups excluding carboxylic acids is 1. The van der Waals surface area contributed by atoms with E-state index in [9.17, 15) is 9.90 Å². The number of carbonyl (C=O) groups is 1. The lowest BCUT2D eigenvalue weighted by Gasteiger charge is -2.30. The van der Waals surface area contributed by atoms with Crippen molar-refractivity contribution in [2.45, 2.75) is 64.0 Å². The summed E-state index contributed by atoms with van der Waals surface area (Å²) in [4.78, 5) is 16.4. The number of hydrogen-bond donors (Lipinski definition) is 2. The Morgan fingerprint density at radius 2 is 2.05 bits per heavy atom. The fourth-order valence-corrected chi connectivity index (χ4v) is 3.88. The van der Waals surface area contributed by atoms with E-state index in [0.717, 1.165) is 38.8 Å². The van der Waals surface area contributed by atoms with Gasteiger partial charge >= 0.3 is 6.03 Å². The Hall–Kier alpha value is -0.810. The van der Waals surface area contributed by atoms with E-state index in [1.54, 1.807) is 11.9 Å². The molecule has 0 radical (unpaired) electrons. The van der Waals surface area contributed by atoms with Crippen molar-refractivity contribution in [2.24, 2.45) is 5.92 Å². The van der Waals surface area contributed by atoms with E-state index in [1.165, 1.54) is 12.8 Å². The predicted octanol–water partition coefficient (Wildman–Crippen LogP) is 2.05. The van der Waals surface area contributed by atoms with E-state index < -0.39 is 5.60 Å². The van der Waals surface area contributed by atoms with Gasteiger partial charge in [-0.3, -0.25) is 4.90 Å². The van der Waals surface area contributed by atoms with Crippen LogP contribution >= 0.6 is 0 Å². The molecule has 1 aliphatic heterocycles. The van der Waals surface area contributed by atoms with Gasteiger partial charge in [0.25, 0.3) is 0 Å². The number of rotatable bonds is 6. The van der Waals surface area contributed by atoms with Gasteiger partial charge in [-0.2, -0.15) is 0 Å².